The fraction of sp³-hybridized carbons (Fsp3) is 0.300. The largest absolute Gasteiger partial charge is 0.508 e. The summed E-state index contributed by atoms with van der Waals surface area (Å²) < 4.78 is 5.19. The summed E-state index contributed by atoms with van der Waals surface area (Å²) >= 11 is 0. The highest BCUT2D eigenvalue weighted by Gasteiger charge is 2.35. The first kappa shape index (κ1) is 17.0. The molecule has 0 radical (unpaired) electrons. The fourth-order valence-electron chi connectivity index (χ4n) is 2.95. The van der Waals surface area contributed by atoms with Crippen LogP contribution in [0.2, 0.25) is 0 Å². The summed E-state index contributed by atoms with van der Waals surface area (Å²) in [6.45, 7) is 3.70. The Hall–Kier alpha value is -2.82. The lowest BCUT2D eigenvalue weighted by atomic mass is 9.97. The molecule has 3 rings (SSSR count). The molecule has 2 aromatic rings. The van der Waals surface area contributed by atoms with Crippen LogP contribution in [0.4, 0.5) is 0 Å². The summed E-state index contributed by atoms with van der Waals surface area (Å²) in [5.41, 5.74) is 2.48. The van der Waals surface area contributed by atoms with Gasteiger partial charge in [0.15, 0.2) is 0 Å². The number of phenols is 1. The maximum atomic E-state index is 12.6. The Bertz CT molecular complexity index is 797. The van der Waals surface area contributed by atoms with Gasteiger partial charge in [0, 0.05) is 17.9 Å². The number of ether oxygens (including phenoxy) is 1. The first-order chi connectivity index (χ1) is 12.0. The average molecular weight is 338 g/mol. The first-order valence-corrected chi connectivity index (χ1v) is 8.34. The van der Waals surface area contributed by atoms with Crippen molar-refractivity contribution in [3.8, 4) is 11.5 Å². The molecule has 1 N–H and O–H groups in total. The van der Waals surface area contributed by atoms with Crippen molar-refractivity contribution in [3.63, 3.8) is 0 Å². The molecule has 2 aromatic carbocycles. The molecule has 0 fully saturated rings. The molecule has 0 spiro atoms. The van der Waals surface area contributed by atoms with Crippen LogP contribution in [-0.2, 0) is 4.79 Å². The predicted octanol–water partition coefficient (Wildman–Crippen LogP) is 3.73. The summed E-state index contributed by atoms with van der Waals surface area (Å²) in [4.78, 5) is 12.6. The molecule has 1 amide bonds. The van der Waals surface area contributed by atoms with Gasteiger partial charge < -0.3 is 9.84 Å². The van der Waals surface area contributed by atoms with Crippen LogP contribution in [0.15, 0.2) is 53.6 Å². The quantitative estimate of drug-likeness (QED) is 0.924. The number of nitrogens with zero attached hydrogens (tertiary/aromatic N) is 2. The Morgan fingerprint density at radius 3 is 2.48 bits per heavy atom. The molecule has 5 heteroatoms. The highest BCUT2D eigenvalue weighted by atomic mass is 16.5. The maximum Gasteiger partial charge on any atom is 0.245 e. The van der Waals surface area contributed by atoms with Gasteiger partial charge in [-0.05, 0) is 35.9 Å². The molecule has 25 heavy (non-hydrogen) atoms. The normalized spacial score (nSPS) is 16.9. The number of hydrazone groups is 1. The predicted molar refractivity (Wildman–Crippen MR) is 96.7 cm³/mol. The van der Waals surface area contributed by atoms with E-state index < -0.39 is 0 Å². The van der Waals surface area contributed by atoms with Gasteiger partial charge in [0.1, 0.15) is 11.5 Å². The molecule has 1 atom stereocenters. The number of phenolic OH excluding ortho intramolecular Hbond substituents is 1. The number of para-hydroxylation sites is 1. The molecule has 5 nitrogen and oxygen atoms in total. The number of carbonyl (C=O) groups excluding carboxylic acids is 1. The maximum absolute atomic E-state index is 12.6. The number of amides is 1. The van der Waals surface area contributed by atoms with Gasteiger partial charge in [0.25, 0.3) is 0 Å². The summed E-state index contributed by atoms with van der Waals surface area (Å²) in [6.07, 6.45) is 0.558. The van der Waals surface area contributed by atoms with Crippen molar-refractivity contribution in [3.05, 3.63) is 59.7 Å². The minimum absolute atomic E-state index is 0.0586. The lowest BCUT2D eigenvalue weighted by molar-refractivity contribution is -0.136. The lowest BCUT2D eigenvalue weighted by Gasteiger charge is -2.24. The molecule has 0 unspecified atom stereocenters. The minimum atomic E-state index is -0.298. The van der Waals surface area contributed by atoms with Gasteiger partial charge in [-0.3, -0.25) is 4.79 Å². The highest BCUT2D eigenvalue weighted by Crippen LogP contribution is 2.37. The third-order valence-electron chi connectivity index (χ3n) is 4.35. The summed E-state index contributed by atoms with van der Waals surface area (Å²) in [5, 5.41) is 16.3. The molecule has 0 aromatic heterocycles. The standard InChI is InChI=1S/C20H22N2O3/c1-13(2)20(24)22-18(16-6-4-5-7-19(16)23)12-17(21-22)14-8-10-15(25-3)11-9-14/h4-11,13,18,23H,12H2,1-3H3/t18-/m0/s1. The zero-order valence-corrected chi connectivity index (χ0v) is 14.6. The summed E-state index contributed by atoms with van der Waals surface area (Å²) in [5.74, 6) is 0.721. The van der Waals surface area contributed by atoms with Gasteiger partial charge in [-0.25, -0.2) is 5.01 Å². The van der Waals surface area contributed by atoms with E-state index in [4.69, 9.17) is 4.74 Å². The van der Waals surface area contributed by atoms with Crippen molar-refractivity contribution in [2.45, 2.75) is 26.3 Å². The second kappa shape index (κ2) is 6.97. The van der Waals surface area contributed by atoms with Crippen molar-refractivity contribution in [1.82, 2.24) is 5.01 Å². The summed E-state index contributed by atoms with van der Waals surface area (Å²) in [7, 11) is 1.62. The molecule has 1 aliphatic rings. The number of hydrogen-bond acceptors (Lipinski definition) is 4. The van der Waals surface area contributed by atoms with Gasteiger partial charge in [-0.2, -0.15) is 5.10 Å². The molecule has 0 saturated carbocycles. The van der Waals surface area contributed by atoms with Crippen LogP contribution >= 0.6 is 0 Å². The van der Waals surface area contributed by atoms with E-state index in [1.54, 1.807) is 19.2 Å². The van der Waals surface area contributed by atoms with Crippen LogP contribution in [0, 0.1) is 5.92 Å². The monoisotopic (exact) mass is 338 g/mol. The lowest BCUT2D eigenvalue weighted by Crippen LogP contribution is -2.30. The van der Waals surface area contributed by atoms with E-state index in [1.165, 1.54) is 5.01 Å². The second-order valence-corrected chi connectivity index (χ2v) is 6.39. The Balaban J connectivity index is 1.97. The van der Waals surface area contributed by atoms with E-state index in [0.29, 0.717) is 12.0 Å². The zero-order chi connectivity index (χ0) is 18.0. The van der Waals surface area contributed by atoms with E-state index in [2.05, 4.69) is 5.10 Å². The molecule has 0 bridgehead atoms. The SMILES string of the molecule is COc1ccc(C2=NN(C(=O)C(C)C)[C@H](c3ccccc3O)C2)cc1. The van der Waals surface area contributed by atoms with Crippen molar-refractivity contribution in [2.24, 2.45) is 11.0 Å². The van der Waals surface area contributed by atoms with Crippen LogP contribution in [0.5, 0.6) is 11.5 Å². The average Bonchev–Trinajstić information content (AvgIpc) is 3.06. The van der Waals surface area contributed by atoms with E-state index in [9.17, 15) is 9.90 Å². The van der Waals surface area contributed by atoms with Crippen LogP contribution < -0.4 is 4.74 Å². The molecule has 130 valence electrons. The molecular weight excluding hydrogens is 316 g/mol. The van der Waals surface area contributed by atoms with Crippen LogP contribution in [0.25, 0.3) is 0 Å². The molecule has 0 saturated heterocycles. The third kappa shape index (κ3) is 3.36. The molecule has 1 heterocycles. The van der Waals surface area contributed by atoms with Gasteiger partial charge in [-0.1, -0.05) is 32.0 Å². The highest BCUT2D eigenvalue weighted by molar-refractivity contribution is 6.03. The molecule has 1 aliphatic heterocycles. The second-order valence-electron chi connectivity index (χ2n) is 6.39. The molecular formula is C20H22N2O3. The van der Waals surface area contributed by atoms with Crippen molar-refractivity contribution < 1.29 is 14.6 Å². The van der Waals surface area contributed by atoms with Gasteiger partial charge >= 0.3 is 0 Å². The number of hydrogen-bond donors (Lipinski definition) is 1. The number of methoxy groups -OCH3 is 1. The Kier molecular flexibility index (Phi) is 4.74. The van der Waals surface area contributed by atoms with E-state index >= 15 is 0 Å². The number of carbonyl (C=O) groups is 1. The van der Waals surface area contributed by atoms with Crippen LogP contribution in [-0.4, -0.2) is 28.8 Å². The smallest absolute Gasteiger partial charge is 0.245 e. The Morgan fingerprint density at radius 1 is 1.20 bits per heavy atom. The van der Waals surface area contributed by atoms with Gasteiger partial charge in [-0.15, -0.1) is 0 Å². The van der Waals surface area contributed by atoms with Crippen LogP contribution in [0.3, 0.4) is 0 Å². The Labute approximate surface area is 147 Å². The summed E-state index contributed by atoms with van der Waals surface area (Å²) in [6, 6.07) is 14.4. The zero-order valence-electron chi connectivity index (χ0n) is 14.6. The number of rotatable bonds is 4. The van der Waals surface area contributed by atoms with Crippen molar-refractivity contribution in [2.75, 3.05) is 7.11 Å². The van der Waals surface area contributed by atoms with Gasteiger partial charge in [0.05, 0.1) is 18.9 Å². The number of benzene rings is 2. The van der Waals surface area contributed by atoms with Crippen LogP contribution in [0.1, 0.15) is 37.4 Å². The Morgan fingerprint density at radius 2 is 1.88 bits per heavy atom. The fourth-order valence-corrected chi connectivity index (χ4v) is 2.95. The van der Waals surface area contributed by atoms with E-state index in [0.717, 1.165) is 17.0 Å². The third-order valence-corrected chi connectivity index (χ3v) is 4.35. The van der Waals surface area contributed by atoms with Crippen molar-refractivity contribution in [1.29, 1.82) is 0 Å². The molecule has 0 aliphatic carbocycles. The number of aromatic hydroxyl groups is 1. The first-order valence-electron chi connectivity index (χ1n) is 8.34. The minimum Gasteiger partial charge on any atom is -0.508 e. The van der Waals surface area contributed by atoms with Crippen molar-refractivity contribution >= 4 is 11.6 Å². The van der Waals surface area contributed by atoms with Gasteiger partial charge in [0.2, 0.25) is 5.91 Å². The van der Waals surface area contributed by atoms with E-state index in [1.807, 2.05) is 50.2 Å². The topological polar surface area (TPSA) is 62.1 Å². The van der Waals surface area contributed by atoms with E-state index in [-0.39, 0.29) is 23.6 Å².